The Balaban J connectivity index is 1.85. The van der Waals surface area contributed by atoms with Crippen molar-refractivity contribution in [3.05, 3.63) is 50.5 Å². The van der Waals surface area contributed by atoms with Gasteiger partial charge in [0.15, 0.2) is 5.82 Å². The summed E-state index contributed by atoms with van der Waals surface area (Å²) in [7, 11) is 0. The molecule has 3 heterocycles. The maximum Gasteiger partial charge on any atom is 0.271 e. The maximum atomic E-state index is 14.6. The molecule has 27 heavy (non-hydrogen) atoms. The average molecular weight is 410 g/mol. The molecule has 2 aromatic rings. The molecule has 2 aliphatic rings. The van der Waals surface area contributed by atoms with Gasteiger partial charge in [-0.1, -0.05) is 29.4 Å². The van der Waals surface area contributed by atoms with Crippen LogP contribution in [0.3, 0.4) is 0 Å². The molecule has 2 aliphatic heterocycles. The van der Waals surface area contributed by atoms with Crippen LogP contribution in [0.4, 0.5) is 10.2 Å². The number of ether oxygens (including phenoxy) is 1. The van der Waals surface area contributed by atoms with Gasteiger partial charge in [-0.05, 0) is 45.7 Å². The second kappa shape index (κ2) is 6.79. The van der Waals surface area contributed by atoms with E-state index in [1.807, 2.05) is 25.5 Å². The third-order valence-corrected chi connectivity index (χ3v) is 6.52. The second-order valence-corrected chi connectivity index (χ2v) is 9.27. The number of nitrogens with zero attached hydrogens (tertiary/aromatic N) is 2. The Morgan fingerprint density at radius 3 is 2.89 bits per heavy atom. The summed E-state index contributed by atoms with van der Waals surface area (Å²) in [6.45, 7) is 6.57. The SMILES string of the molecule is CC1=Nc2c(c(=O)[nH]n2[C@H]2CCOC(C)(C)C2)[C@@H](c2c(F)cccc2Cl)S1. The highest BCUT2D eigenvalue weighted by Gasteiger charge is 2.37. The molecule has 0 bridgehead atoms. The van der Waals surface area contributed by atoms with E-state index in [-0.39, 0.29) is 17.2 Å². The average Bonchev–Trinajstić information content (AvgIpc) is 2.90. The molecule has 1 N–H and O–H groups in total. The molecule has 2 atom stereocenters. The highest BCUT2D eigenvalue weighted by molar-refractivity contribution is 8.14. The first-order valence-corrected chi connectivity index (χ1v) is 10.2. The summed E-state index contributed by atoms with van der Waals surface area (Å²) in [6, 6.07) is 4.65. The number of halogens is 2. The molecule has 0 unspecified atom stereocenters. The normalized spacial score (nSPS) is 24.4. The van der Waals surface area contributed by atoms with Crippen molar-refractivity contribution in [1.82, 2.24) is 9.78 Å². The lowest BCUT2D eigenvalue weighted by Gasteiger charge is -2.36. The third-order valence-electron chi connectivity index (χ3n) is 5.05. The molecule has 0 spiro atoms. The Morgan fingerprint density at radius 2 is 2.19 bits per heavy atom. The molecule has 1 aromatic heterocycles. The molecule has 4 rings (SSSR count). The molecule has 0 radical (unpaired) electrons. The summed E-state index contributed by atoms with van der Waals surface area (Å²) in [6.07, 6.45) is 1.55. The van der Waals surface area contributed by atoms with Crippen molar-refractivity contribution in [2.45, 2.75) is 50.5 Å². The van der Waals surface area contributed by atoms with Gasteiger partial charge in [0.2, 0.25) is 0 Å². The predicted molar refractivity (Wildman–Crippen MR) is 107 cm³/mol. The Kier molecular flexibility index (Phi) is 4.72. The van der Waals surface area contributed by atoms with Crippen LogP contribution < -0.4 is 5.56 Å². The molecule has 0 saturated carbocycles. The first kappa shape index (κ1) is 18.8. The van der Waals surface area contributed by atoms with E-state index < -0.39 is 11.1 Å². The fourth-order valence-corrected chi connectivity index (χ4v) is 5.36. The van der Waals surface area contributed by atoms with Gasteiger partial charge >= 0.3 is 0 Å². The molecule has 1 saturated heterocycles. The van der Waals surface area contributed by atoms with Gasteiger partial charge in [0, 0.05) is 17.2 Å². The second-order valence-electron chi connectivity index (χ2n) is 7.57. The van der Waals surface area contributed by atoms with Crippen molar-refractivity contribution in [2.24, 2.45) is 4.99 Å². The standard InChI is InChI=1S/C19H21ClFN3O2S/c1-10-22-17-15(16(27-10)14-12(20)5-4-6-13(14)21)18(25)23-24(17)11-7-8-26-19(2,3)9-11/h4-6,11,16H,7-9H2,1-3H3,(H,23,25)/t11-,16+/m0/s1. The highest BCUT2D eigenvalue weighted by Crippen LogP contribution is 2.47. The quantitative estimate of drug-likeness (QED) is 0.760. The van der Waals surface area contributed by atoms with Gasteiger partial charge in [-0.25, -0.2) is 9.38 Å². The number of fused-ring (bicyclic) bond motifs is 1. The zero-order valence-electron chi connectivity index (χ0n) is 15.4. The molecule has 0 amide bonds. The number of rotatable bonds is 2. The molecule has 1 fully saturated rings. The van der Waals surface area contributed by atoms with Crippen LogP contribution >= 0.6 is 23.4 Å². The summed E-state index contributed by atoms with van der Waals surface area (Å²) >= 11 is 7.65. The van der Waals surface area contributed by atoms with E-state index in [4.69, 9.17) is 16.3 Å². The number of hydrogen-bond donors (Lipinski definition) is 1. The number of H-pyrrole nitrogens is 1. The zero-order chi connectivity index (χ0) is 19.3. The van der Waals surface area contributed by atoms with E-state index in [9.17, 15) is 9.18 Å². The molecule has 5 nitrogen and oxygen atoms in total. The Morgan fingerprint density at radius 1 is 1.41 bits per heavy atom. The number of hydrogen-bond acceptors (Lipinski definition) is 4. The minimum Gasteiger partial charge on any atom is -0.375 e. The van der Waals surface area contributed by atoms with Crippen LogP contribution in [0, 0.1) is 5.82 Å². The van der Waals surface area contributed by atoms with E-state index >= 15 is 0 Å². The van der Waals surface area contributed by atoms with Gasteiger partial charge in [-0.2, -0.15) is 0 Å². The molecular weight excluding hydrogens is 389 g/mol. The van der Waals surface area contributed by atoms with E-state index in [0.29, 0.717) is 28.6 Å². The number of aromatic amines is 1. The van der Waals surface area contributed by atoms with Gasteiger partial charge in [0.05, 0.1) is 27.5 Å². The molecule has 144 valence electrons. The minimum absolute atomic E-state index is 0.0709. The zero-order valence-corrected chi connectivity index (χ0v) is 17.0. The van der Waals surface area contributed by atoms with Crippen LogP contribution in [0.25, 0.3) is 0 Å². The van der Waals surface area contributed by atoms with Gasteiger partial charge in [0.1, 0.15) is 5.82 Å². The number of aliphatic imine (C=N–C) groups is 1. The lowest BCUT2D eigenvalue weighted by molar-refractivity contribution is -0.0705. The van der Waals surface area contributed by atoms with Gasteiger partial charge < -0.3 is 4.74 Å². The van der Waals surface area contributed by atoms with Gasteiger partial charge in [-0.15, -0.1) is 0 Å². The van der Waals surface area contributed by atoms with E-state index in [1.54, 1.807) is 12.1 Å². The molecule has 0 aliphatic carbocycles. The van der Waals surface area contributed by atoms with E-state index in [0.717, 1.165) is 17.9 Å². The lowest BCUT2D eigenvalue weighted by Crippen LogP contribution is -2.35. The lowest BCUT2D eigenvalue weighted by atomic mass is 9.94. The Labute approximate surface area is 165 Å². The summed E-state index contributed by atoms with van der Waals surface area (Å²) in [5.74, 6) is 0.156. The first-order valence-electron chi connectivity index (χ1n) is 8.91. The van der Waals surface area contributed by atoms with E-state index in [1.165, 1.54) is 17.8 Å². The van der Waals surface area contributed by atoms with Crippen molar-refractivity contribution in [3.8, 4) is 0 Å². The fraction of sp³-hybridized carbons (Fsp3) is 0.474. The number of aromatic nitrogens is 2. The predicted octanol–water partition coefficient (Wildman–Crippen LogP) is 4.99. The van der Waals surface area contributed by atoms with Crippen LogP contribution in [0.5, 0.6) is 0 Å². The van der Waals surface area contributed by atoms with Crippen molar-refractivity contribution in [3.63, 3.8) is 0 Å². The summed E-state index contributed by atoms with van der Waals surface area (Å²) in [5, 5.41) is 3.50. The first-order chi connectivity index (χ1) is 12.8. The number of benzene rings is 1. The van der Waals surface area contributed by atoms with Crippen LogP contribution in [0.2, 0.25) is 5.02 Å². The molecule has 8 heteroatoms. The van der Waals surface area contributed by atoms with Crippen LogP contribution in [-0.2, 0) is 4.74 Å². The largest absolute Gasteiger partial charge is 0.375 e. The van der Waals surface area contributed by atoms with Crippen LogP contribution in [0.15, 0.2) is 28.0 Å². The molecular formula is C19H21ClFN3O2S. The fourth-order valence-electron chi connectivity index (χ4n) is 3.86. The number of nitrogens with one attached hydrogen (secondary N) is 1. The minimum atomic E-state index is -0.524. The summed E-state index contributed by atoms with van der Waals surface area (Å²) in [5.41, 5.74) is 0.271. The van der Waals surface area contributed by atoms with Crippen LogP contribution in [-0.4, -0.2) is 27.0 Å². The topological polar surface area (TPSA) is 59.4 Å². The highest BCUT2D eigenvalue weighted by atomic mass is 35.5. The summed E-state index contributed by atoms with van der Waals surface area (Å²) in [4.78, 5) is 17.5. The molecule has 1 aromatic carbocycles. The monoisotopic (exact) mass is 409 g/mol. The van der Waals surface area contributed by atoms with Crippen molar-refractivity contribution in [1.29, 1.82) is 0 Å². The Bertz CT molecular complexity index is 962. The van der Waals surface area contributed by atoms with E-state index in [2.05, 4.69) is 10.1 Å². The maximum absolute atomic E-state index is 14.6. The van der Waals surface area contributed by atoms with Crippen molar-refractivity contribution in [2.75, 3.05) is 6.61 Å². The smallest absolute Gasteiger partial charge is 0.271 e. The summed E-state index contributed by atoms with van der Waals surface area (Å²) < 4.78 is 22.2. The van der Waals surface area contributed by atoms with Gasteiger partial charge in [-0.3, -0.25) is 14.6 Å². The van der Waals surface area contributed by atoms with Crippen molar-refractivity contribution >= 4 is 34.2 Å². The van der Waals surface area contributed by atoms with Gasteiger partial charge in [0.25, 0.3) is 5.56 Å². The van der Waals surface area contributed by atoms with Crippen molar-refractivity contribution < 1.29 is 9.13 Å². The van der Waals surface area contributed by atoms with Crippen LogP contribution in [0.1, 0.15) is 56.0 Å². The Hall–Kier alpha value is -1.57. The third kappa shape index (κ3) is 3.37. The number of thioether (sulfide) groups is 1.